The second-order valence-corrected chi connectivity index (χ2v) is 8.74. The van der Waals surface area contributed by atoms with Gasteiger partial charge in [-0.1, -0.05) is 54.6 Å². The number of carboxylic acid groups (broad SMARTS) is 1. The number of hydrogen-bond acceptors (Lipinski definition) is 4. The Balaban J connectivity index is 1.25. The Morgan fingerprint density at radius 2 is 1.61 bits per heavy atom. The molecule has 0 unspecified atom stereocenters. The zero-order chi connectivity index (χ0) is 22.6. The monoisotopic (exact) mass is 438 g/mol. The van der Waals surface area contributed by atoms with E-state index < -0.39 is 5.97 Å². The molecule has 5 rings (SSSR count). The van der Waals surface area contributed by atoms with Crippen LogP contribution in [0.4, 0.5) is 0 Å². The van der Waals surface area contributed by atoms with E-state index in [1.165, 1.54) is 5.56 Å². The predicted octanol–water partition coefficient (Wildman–Crippen LogP) is 5.95. The van der Waals surface area contributed by atoms with Crippen molar-refractivity contribution in [2.45, 2.75) is 38.0 Å². The highest BCUT2D eigenvalue weighted by atomic mass is 16.4. The number of H-pyrrole nitrogens is 1. The summed E-state index contributed by atoms with van der Waals surface area (Å²) in [6.45, 7) is 0. The third kappa shape index (κ3) is 4.85. The average molecular weight is 439 g/mol. The number of nitrogens with one attached hydrogen (secondary N) is 1. The smallest absolute Gasteiger partial charge is 0.303 e. The largest absolute Gasteiger partial charge is 0.481 e. The van der Waals surface area contributed by atoms with Crippen LogP contribution < -0.4 is 0 Å². The number of aromatic nitrogens is 4. The molecular weight excluding hydrogens is 412 g/mol. The Morgan fingerprint density at radius 1 is 0.879 bits per heavy atom. The Bertz CT molecular complexity index is 1210. The maximum atomic E-state index is 10.9. The zero-order valence-electron chi connectivity index (χ0n) is 18.3. The molecule has 2 heterocycles. The van der Waals surface area contributed by atoms with Gasteiger partial charge in [0.1, 0.15) is 0 Å². The van der Waals surface area contributed by atoms with Gasteiger partial charge in [0, 0.05) is 29.3 Å². The van der Waals surface area contributed by atoms with Crippen LogP contribution in [-0.2, 0) is 4.79 Å². The van der Waals surface area contributed by atoms with E-state index in [1.807, 2.05) is 48.7 Å². The summed E-state index contributed by atoms with van der Waals surface area (Å²) in [6.07, 6.45) is 6.22. The van der Waals surface area contributed by atoms with E-state index >= 15 is 0 Å². The van der Waals surface area contributed by atoms with Gasteiger partial charge in [-0.15, -0.1) is 0 Å². The standard InChI is InChI=1S/C27H26N4O2/c32-25(33)16-18-6-8-19(9-7-18)20-10-12-21(13-11-20)24-15-14-23(17-28-24)27-29-26(30-31-27)22-4-2-1-3-5-22/h1-5,10-15,17-19H,6-9,16H2,(H,32,33)(H,29,30,31). The van der Waals surface area contributed by atoms with Gasteiger partial charge < -0.3 is 5.11 Å². The maximum Gasteiger partial charge on any atom is 0.303 e. The van der Waals surface area contributed by atoms with Crippen molar-refractivity contribution in [1.82, 2.24) is 20.2 Å². The highest BCUT2D eigenvalue weighted by molar-refractivity contribution is 5.67. The van der Waals surface area contributed by atoms with Crippen molar-refractivity contribution in [1.29, 1.82) is 0 Å². The SMILES string of the molecule is O=C(O)CC1CCC(c2ccc(-c3ccc(-c4n[nH]c(-c5ccccc5)n4)cn3)cc2)CC1. The van der Waals surface area contributed by atoms with Gasteiger partial charge in [0.25, 0.3) is 0 Å². The summed E-state index contributed by atoms with van der Waals surface area (Å²) >= 11 is 0. The van der Waals surface area contributed by atoms with Gasteiger partial charge in [0.05, 0.1) is 5.69 Å². The Hall–Kier alpha value is -3.80. The summed E-state index contributed by atoms with van der Waals surface area (Å²) in [5.41, 5.74) is 5.18. The quantitative estimate of drug-likeness (QED) is 0.388. The lowest BCUT2D eigenvalue weighted by molar-refractivity contribution is -0.138. The number of pyridine rings is 1. The van der Waals surface area contributed by atoms with Crippen molar-refractivity contribution in [3.8, 4) is 34.0 Å². The molecule has 6 nitrogen and oxygen atoms in total. The number of carboxylic acids is 1. The van der Waals surface area contributed by atoms with E-state index in [9.17, 15) is 4.79 Å². The lowest BCUT2D eigenvalue weighted by atomic mass is 9.77. The van der Waals surface area contributed by atoms with Crippen molar-refractivity contribution in [2.24, 2.45) is 5.92 Å². The molecule has 0 atom stereocenters. The average Bonchev–Trinajstić information content (AvgIpc) is 3.36. The van der Waals surface area contributed by atoms with E-state index in [4.69, 9.17) is 5.11 Å². The van der Waals surface area contributed by atoms with Gasteiger partial charge in [0.2, 0.25) is 0 Å². The zero-order valence-corrected chi connectivity index (χ0v) is 18.3. The van der Waals surface area contributed by atoms with Crippen molar-refractivity contribution in [3.05, 3.63) is 78.5 Å². The number of rotatable bonds is 6. The Kier molecular flexibility index (Phi) is 5.98. The van der Waals surface area contributed by atoms with E-state index in [0.29, 0.717) is 24.1 Å². The van der Waals surface area contributed by atoms with E-state index in [2.05, 4.69) is 44.4 Å². The van der Waals surface area contributed by atoms with Crippen molar-refractivity contribution in [2.75, 3.05) is 0 Å². The first kappa shape index (κ1) is 21.1. The second kappa shape index (κ2) is 9.36. The van der Waals surface area contributed by atoms with Gasteiger partial charge in [-0.05, 0) is 55.2 Å². The fourth-order valence-corrected chi connectivity index (χ4v) is 4.69. The molecule has 0 aliphatic heterocycles. The van der Waals surface area contributed by atoms with Gasteiger partial charge >= 0.3 is 5.97 Å². The molecule has 2 aromatic carbocycles. The fourth-order valence-electron chi connectivity index (χ4n) is 4.69. The first-order chi connectivity index (χ1) is 16.2. The molecule has 1 saturated carbocycles. The molecule has 6 heteroatoms. The lowest BCUT2D eigenvalue weighted by Gasteiger charge is -2.28. The van der Waals surface area contributed by atoms with Gasteiger partial charge in [-0.25, -0.2) is 4.98 Å². The van der Waals surface area contributed by atoms with E-state index in [-0.39, 0.29) is 0 Å². The fraction of sp³-hybridized carbons (Fsp3) is 0.259. The van der Waals surface area contributed by atoms with Crippen molar-refractivity contribution in [3.63, 3.8) is 0 Å². The van der Waals surface area contributed by atoms with Crippen LogP contribution in [0.2, 0.25) is 0 Å². The van der Waals surface area contributed by atoms with Crippen LogP contribution in [-0.4, -0.2) is 31.2 Å². The lowest BCUT2D eigenvalue weighted by Crippen LogP contribution is -2.16. The van der Waals surface area contributed by atoms with Crippen LogP contribution in [0.25, 0.3) is 34.0 Å². The number of nitrogens with zero attached hydrogens (tertiary/aromatic N) is 3. The Labute approximate surface area is 192 Å². The predicted molar refractivity (Wildman–Crippen MR) is 127 cm³/mol. The Morgan fingerprint density at radius 3 is 2.27 bits per heavy atom. The number of carbonyl (C=O) groups is 1. The summed E-state index contributed by atoms with van der Waals surface area (Å²) in [7, 11) is 0. The number of hydrogen-bond donors (Lipinski definition) is 2. The minimum absolute atomic E-state index is 0.300. The molecule has 0 saturated heterocycles. The summed E-state index contributed by atoms with van der Waals surface area (Å²) in [5.74, 6) is 1.53. The minimum atomic E-state index is -0.680. The molecule has 33 heavy (non-hydrogen) atoms. The van der Waals surface area contributed by atoms with Crippen LogP contribution in [0, 0.1) is 5.92 Å². The molecule has 0 radical (unpaired) electrons. The molecule has 1 aliphatic carbocycles. The molecular formula is C27H26N4O2. The second-order valence-electron chi connectivity index (χ2n) is 8.74. The molecule has 0 bridgehead atoms. The van der Waals surface area contributed by atoms with E-state index in [1.54, 1.807) is 0 Å². The third-order valence-corrected chi connectivity index (χ3v) is 6.54. The number of aromatic amines is 1. The minimum Gasteiger partial charge on any atom is -0.481 e. The van der Waals surface area contributed by atoms with Gasteiger partial charge in [-0.2, -0.15) is 5.10 Å². The molecule has 1 aliphatic rings. The summed E-state index contributed by atoms with van der Waals surface area (Å²) < 4.78 is 0. The van der Waals surface area contributed by atoms with Crippen molar-refractivity contribution >= 4 is 5.97 Å². The topological polar surface area (TPSA) is 91.8 Å². The summed E-state index contributed by atoms with van der Waals surface area (Å²) in [5, 5.41) is 16.3. The summed E-state index contributed by atoms with van der Waals surface area (Å²) in [4.78, 5) is 20.2. The molecule has 0 spiro atoms. The first-order valence-electron chi connectivity index (χ1n) is 11.4. The highest BCUT2D eigenvalue weighted by Gasteiger charge is 2.24. The number of benzene rings is 2. The molecule has 0 amide bonds. The maximum absolute atomic E-state index is 10.9. The molecule has 4 aromatic rings. The third-order valence-electron chi connectivity index (χ3n) is 6.54. The van der Waals surface area contributed by atoms with Gasteiger partial charge in [0.15, 0.2) is 11.6 Å². The van der Waals surface area contributed by atoms with Crippen molar-refractivity contribution < 1.29 is 9.90 Å². The molecule has 2 aromatic heterocycles. The highest BCUT2D eigenvalue weighted by Crippen LogP contribution is 2.37. The van der Waals surface area contributed by atoms with Crippen LogP contribution in [0.3, 0.4) is 0 Å². The summed E-state index contributed by atoms with van der Waals surface area (Å²) in [6, 6.07) is 22.5. The number of aliphatic carboxylic acids is 1. The van der Waals surface area contributed by atoms with E-state index in [0.717, 1.165) is 53.9 Å². The molecule has 166 valence electrons. The van der Waals surface area contributed by atoms with Crippen LogP contribution >= 0.6 is 0 Å². The van der Waals surface area contributed by atoms with Crippen LogP contribution in [0.1, 0.15) is 43.6 Å². The van der Waals surface area contributed by atoms with Crippen LogP contribution in [0.5, 0.6) is 0 Å². The van der Waals surface area contributed by atoms with Gasteiger partial charge in [-0.3, -0.25) is 14.9 Å². The normalized spacial score (nSPS) is 18.2. The van der Waals surface area contributed by atoms with Crippen LogP contribution in [0.15, 0.2) is 72.9 Å². The molecule has 2 N–H and O–H groups in total. The first-order valence-corrected chi connectivity index (χ1v) is 11.4. The molecule has 1 fully saturated rings.